The standard InChI is InChI=1S/C12H26N2/c1-4-5-6-7-8-12(2)11-13-9-10-14(12)3/h13H,4-11H2,1-3H3. The summed E-state index contributed by atoms with van der Waals surface area (Å²) in [6.07, 6.45) is 6.87. The van der Waals surface area contributed by atoms with Crippen LogP contribution in [0.15, 0.2) is 0 Å². The molecule has 0 saturated carbocycles. The van der Waals surface area contributed by atoms with Crippen molar-refractivity contribution in [2.45, 2.75) is 51.5 Å². The molecule has 0 aromatic heterocycles. The second-order valence-corrected chi connectivity index (χ2v) is 4.91. The van der Waals surface area contributed by atoms with Crippen LogP contribution in [0.2, 0.25) is 0 Å². The molecule has 0 aromatic rings. The van der Waals surface area contributed by atoms with Crippen molar-refractivity contribution < 1.29 is 0 Å². The van der Waals surface area contributed by atoms with Crippen molar-refractivity contribution in [3.63, 3.8) is 0 Å². The van der Waals surface area contributed by atoms with E-state index in [-0.39, 0.29) is 0 Å². The summed E-state index contributed by atoms with van der Waals surface area (Å²) < 4.78 is 0. The van der Waals surface area contributed by atoms with Crippen LogP contribution in [0, 0.1) is 0 Å². The quantitative estimate of drug-likeness (QED) is 0.682. The lowest BCUT2D eigenvalue weighted by Gasteiger charge is -2.43. The minimum Gasteiger partial charge on any atom is -0.314 e. The average molecular weight is 198 g/mol. The Kier molecular flexibility index (Phi) is 4.90. The van der Waals surface area contributed by atoms with Crippen LogP contribution in [0.1, 0.15) is 46.0 Å². The van der Waals surface area contributed by atoms with Gasteiger partial charge in [-0.3, -0.25) is 4.90 Å². The van der Waals surface area contributed by atoms with Crippen LogP contribution in [0.3, 0.4) is 0 Å². The van der Waals surface area contributed by atoms with Crippen molar-refractivity contribution in [3.05, 3.63) is 0 Å². The molecule has 0 radical (unpaired) electrons. The van der Waals surface area contributed by atoms with Gasteiger partial charge < -0.3 is 5.32 Å². The summed E-state index contributed by atoms with van der Waals surface area (Å²) in [4.78, 5) is 2.52. The molecule has 1 aliphatic rings. The third-order valence-corrected chi connectivity index (χ3v) is 3.62. The molecule has 0 aliphatic carbocycles. The van der Waals surface area contributed by atoms with Gasteiger partial charge >= 0.3 is 0 Å². The van der Waals surface area contributed by atoms with Gasteiger partial charge in [0, 0.05) is 25.2 Å². The van der Waals surface area contributed by atoms with Gasteiger partial charge in [-0.05, 0) is 20.4 Å². The van der Waals surface area contributed by atoms with E-state index in [1.165, 1.54) is 38.6 Å². The highest BCUT2D eigenvalue weighted by molar-refractivity contribution is 4.90. The van der Waals surface area contributed by atoms with Crippen LogP contribution in [0.25, 0.3) is 0 Å². The summed E-state index contributed by atoms with van der Waals surface area (Å²) in [6.45, 7) is 8.18. The van der Waals surface area contributed by atoms with Gasteiger partial charge in [0.1, 0.15) is 0 Å². The van der Waals surface area contributed by atoms with Gasteiger partial charge in [-0.2, -0.15) is 0 Å². The van der Waals surface area contributed by atoms with E-state index in [2.05, 4.69) is 31.1 Å². The Labute approximate surface area is 89.1 Å². The van der Waals surface area contributed by atoms with Crippen LogP contribution in [0.5, 0.6) is 0 Å². The number of likely N-dealkylation sites (N-methyl/N-ethyl adjacent to an activating group) is 1. The van der Waals surface area contributed by atoms with Crippen LogP contribution < -0.4 is 5.32 Å². The summed E-state index contributed by atoms with van der Waals surface area (Å²) in [7, 11) is 2.26. The van der Waals surface area contributed by atoms with Crippen LogP contribution in [0.4, 0.5) is 0 Å². The highest BCUT2D eigenvalue weighted by Gasteiger charge is 2.30. The summed E-state index contributed by atoms with van der Waals surface area (Å²) >= 11 is 0. The van der Waals surface area contributed by atoms with Crippen molar-refractivity contribution >= 4 is 0 Å². The van der Waals surface area contributed by atoms with Gasteiger partial charge in [0.05, 0.1) is 0 Å². The molecule has 84 valence electrons. The second-order valence-electron chi connectivity index (χ2n) is 4.91. The third kappa shape index (κ3) is 3.25. The molecular weight excluding hydrogens is 172 g/mol. The highest BCUT2D eigenvalue weighted by Crippen LogP contribution is 2.22. The van der Waals surface area contributed by atoms with Crippen molar-refractivity contribution in [1.82, 2.24) is 10.2 Å². The van der Waals surface area contributed by atoms with Crippen LogP contribution >= 0.6 is 0 Å². The van der Waals surface area contributed by atoms with E-state index in [1.54, 1.807) is 0 Å². The van der Waals surface area contributed by atoms with Gasteiger partial charge in [0.2, 0.25) is 0 Å². The molecule has 1 aliphatic heterocycles. The molecule has 0 bridgehead atoms. The molecule has 1 N–H and O–H groups in total. The maximum atomic E-state index is 3.50. The number of rotatable bonds is 5. The number of hydrogen-bond donors (Lipinski definition) is 1. The first kappa shape index (κ1) is 12.0. The first-order chi connectivity index (χ1) is 6.69. The van der Waals surface area contributed by atoms with E-state index < -0.39 is 0 Å². The van der Waals surface area contributed by atoms with Crippen molar-refractivity contribution in [2.24, 2.45) is 0 Å². The zero-order chi connectivity index (χ0) is 10.4. The van der Waals surface area contributed by atoms with E-state index >= 15 is 0 Å². The fourth-order valence-corrected chi connectivity index (χ4v) is 2.22. The maximum Gasteiger partial charge on any atom is 0.0303 e. The normalized spacial score (nSPS) is 29.4. The minimum atomic E-state index is 0.409. The number of hydrogen-bond acceptors (Lipinski definition) is 2. The van der Waals surface area contributed by atoms with Crippen LogP contribution in [-0.4, -0.2) is 37.1 Å². The van der Waals surface area contributed by atoms with Gasteiger partial charge in [0.25, 0.3) is 0 Å². The molecule has 1 heterocycles. The Morgan fingerprint density at radius 1 is 1.29 bits per heavy atom. The Bertz CT molecular complexity index is 158. The van der Waals surface area contributed by atoms with Gasteiger partial charge in [-0.25, -0.2) is 0 Å². The Morgan fingerprint density at radius 2 is 2.07 bits per heavy atom. The maximum absolute atomic E-state index is 3.50. The molecule has 1 atom stereocenters. The molecule has 0 spiro atoms. The van der Waals surface area contributed by atoms with E-state index in [4.69, 9.17) is 0 Å². The molecule has 1 saturated heterocycles. The molecule has 1 fully saturated rings. The molecule has 1 unspecified atom stereocenters. The summed E-state index contributed by atoms with van der Waals surface area (Å²) in [5.41, 5.74) is 0.409. The second kappa shape index (κ2) is 5.72. The third-order valence-electron chi connectivity index (χ3n) is 3.62. The number of nitrogens with zero attached hydrogens (tertiary/aromatic N) is 1. The Balaban J connectivity index is 2.25. The molecule has 1 rings (SSSR count). The van der Waals surface area contributed by atoms with Gasteiger partial charge in [-0.15, -0.1) is 0 Å². The Morgan fingerprint density at radius 3 is 2.71 bits per heavy atom. The highest BCUT2D eigenvalue weighted by atomic mass is 15.2. The first-order valence-corrected chi connectivity index (χ1v) is 6.11. The van der Waals surface area contributed by atoms with Crippen molar-refractivity contribution in [3.8, 4) is 0 Å². The lowest BCUT2D eigenvalue weighted by atomic mass is 9.91. The molecule has 14 heavy (non-hydrogen) atoms. The molecule has 2 nitrogen and oxygen atoms in total. The smallest absolute Gasteiger partial charge is 0.0303 e. The van der Waals surface area contributed by atoms with E-state index in [9.17, 15) is 0 Å². The number of nitrogens with one attached hydrogen (secondary N) is 1. The van der Waals surface area contributed by atoms with E-state index in [1.807, 2.05) is 0 Å². The first-order valence-electron chi connectivity index (χ1n) is 6.11. The molecular formula is C12H26N2. The topological polar surface area (TPSA) is 15.3 Å². The zero-order valence-electron chi connectivity index (χ0n) is 10.1. The largest absolute Gasteiger partial charge is 0.314 e. The predicted molar refractivity (Wildman–Crippen MR) is 62.7 cm³/mol. The van der Waals surface area contributed by atoms with Gasteiger partial charge in [0.15, 0.2) is 0 Å². The monoisotopic (exact) mass is 198 g/mol. The molecule has 0 aromatic carbocycles. The fraction of sp³-hybridized carbons (Fsp3) is 1.00. The fourth-order valence-electron chi connectivity index (χ4n) is 2.22. The summed E-state index contributed by atoms with van der Waals surface area (Å²) in [6, 6.07) is 0. The van der Waals surface area contributed by atoms with E-state index in [0.717, 1.165) is 13.1 Å². The zero-order valence-corrected chi connectivity index (χ0v) is 10.1. The van der Waals surface area contributed by atoms with E-state index in [0.29, 0.717) is 5.54 Å². The van der Waals surface area contributed by atoms with Crippen LogP contribution in [-0.2, 0) is 0 Å². The summed E-state index contributed by atoms with van der Waals surface area (Å²) in [5.74, 6) is 0. The number of unbranched alkanes of at least 4 members (excludes halogenated alkanes) is 3. The van der Waals surface area contributed by atoms with Gasteiger partial charge in [-0.1, -0.05) is 32.6 Å². The molecule has 0 amide bonds. The lowest BCUT2D eigenvalue weighted by Crippen LogP contribution is -2.57. The predicted octanol–water partition coefficient (Wildman–Crippen LogP) is 2.25. The Hall–Kier alpha value is -0.0800. The lowest BCUT2D eigenvalue weighted by molar-refractivity contribution is 0.0932. The molecule has 2 heteroatoms. The SMILES string of the molecule is CCCCCCC1(C)CNCCN1C. The van der Waals surface area contributed by atoms with Crippen molar-refractivity contribution in [2.75, 3.05) is 26.7 Å². The minimum absolute atomic E-state index is 0.409. The van der Waals surface area contributed by atoms with Crippen molar-refractivity contribution in [1.29, 1.82) is 0 Å². The number of piperazine rings is 1. The summed E-state index contributed by atoms with van der Waals surface area (Å²) in [5, 5.41) is 3.50. The average Bonchev–Trinajstić information content (AvgIpc) is 2.18.